The number of carboxylic acids is 1. The van der Waals surface area contributed by atoms with E-state index in [1.165, 1.54) is 6.92 Å². The number of carbonyl (C=O) groups is 2. The summed E-state index contributed by atoms with van der Waals surface area (Å²) in [5.41, 5.74) is 0.130. The summed E-state index contributed by atoms with van der Waals surface area (Å²) >= 11 is 0. The van der Waals surface area contributed by atoms with Crippen LogP contribution >= 0.6 is 0 Å². The Hall–Kier alpha value is -2.18. The number of amides is 1. The summed E-state index contributed by atoms with van der Waals surface area (Å²) in [6, 6.07) is 5.63. The summed E-state index contributed by atoms with van der Waals surface area (Å²) in [6.45, 7) is 0.977. The number of aliphatic carboxylic acids is 1. The first-order valence-electron chi connectivity index (χ1n) is 7.88. The van der Waals surface area contributed by atoms with Gasteiger partial charge < -0.3 is 14.7 Å². The smallest absolute Gasteiger partial charge is 0.329 e. The van der Waals surface area contributed by atoms with Crippen LogP contribution < -0.4 is 4.74 Å². The predicted octanol–water partition coefficient (Wildman–Crippen LogP) is 2.27. The molecule has 0 radical (unpaired) electrons. The van der Waals surface area contributed by atoms with Crippen LogP contribution in [-0.4, -0.2) is 46.5 Å². The first-order valence-corrected chi connectivity index (χ1v) is 7.88. The first-order chi connectivity index (χ1) is 11.2. The number of benzene rings is 1. The van der Waals surface area contributed by atoms with Gasteiger partial charge in [-0.2, -0.15) is 0 Å². The Balaban J connectivity index is 1.69. The average molecular weight is 339 g/mol. The number of likely N-dealkylation sites (tertiary alicyclic amines) is 1. The zero-order valence-corrected chi connectivity index (χ0v) is 13.3. The van der Waals surface area contributed by atoms with Crippen LogP contribution in [0.4, 0.5) is 8.78 Å². The van der Waals surface area contributed by atoms with E-state index in [4.69, 9.17) is 4.74 Å². The minimum atomic E-state index is -3.17. The van der Waals surface area contributed by atoms with E-state index in [1.807, 2.05) is 18.2 Å². The highest BCUT2D eigenvalue weighted by atomic mass is 19.3. The van der Waals surface area contributed by atoms with Gasteiger partial charge in [-0.3, -0.25) is 4.79 Å². The van der Waals surface area contributed by atoms with Gasteiger partial charge in [-0.05, 0) is 30.5 Å². The highest BCUT2D eigenvalue weighted by molar-refractivity contribution is 5.87. The Labute approximate surface area is 138 Å². The molecular weight excluding hydrogens is 320 g/mol. The van der Waals surface area contributed by atoms with E-state index in [1.54, 1.807) is 0 Å². The number of carbonyl (C=O) groups excluding carboxylic acids is 1. The van der Waals surface area contributed by atoms with Crippen LogP contribution in [0.1, 0.15) is 30.9 Å². The summed E-state index contributed by atoms with van der Waals surface area (Å²) in [7, 11) is 0. The minimum absolute atomic E-state index is 0.00140. The molecule has 0 aliphatic carbocycles. The molecule has 24 heavy (non-hydrogen) atoms. The lowest BCUT2D eigenvalue weighted by molar-refractivity contribution is -0.155. The fourth-order valence-corrected chi connectivity index (χ4v) is 3.40. The van der Waals surface area contributed by atoms with E-state index in [-0.39, 0.29) is 6.42 Å². The lowest BCUT2D eigenvalue weighted by Crippen LogP contribution is -2.50. The molecule has 1 aromatic rings. The van der Waals surface area contributed by atoms with Crippen LogP contribution in [0.25, 0.3) is 0 Å². The molecule has 2 heterocycles. The molecule has 1 saturated heterocycles. The van der Waals surface area contributed by atoms with E-state index in [9.17, 15) is 23.5 Å². The lowest BCUT2D eigenvalue weighted by Gasteiger charge is -2.30. The van der Waals surface area contributed by atoms with Crippen LogP contribution in [0.2, 0.25) is 0 Å². The number of hydrogen-bond acceptors (Lipinski definition) is 3. The fraction of sp³-hybridized carbons (Fsp3) is 0.529. The van der Waals surface area contributed by atoms with Gasteiger partial charge in [-0.15, -0.1) is 0 Å². The van der Waals surface area contributed by atoms with Gasteiger partial charge in [0.2, 0.25) is 5.91 Å². The number of aryl methyl sites for hydroxylation is 1. The maximum absolute atomic E-state index is 13.7. The van der Waals surface area contributed by atoms with Crippen molar-refractivity contribution in [1.29, 1.82) is 0 Å². The molecule has 1 atom stereocenters. The van der Waals surface area contributed by atoms with Gasteiger partial charge in [0, 0.05) is 19.3 Å². The first kappa shape index (κ1) is 16.7. The number of rotatable bonds is 4. The monoisotopic (exact) mass is 339 g/mol. The van der Waals surface area contributed by atoms with Crippen molar-refractivity contribution in [2.75, 3.05) is 13.2 Å². The Kier molecular flexibility index (Phi) is 3.97. The number of carboxylic acid groups (broad SMARTS) is 1. The highest BCUT2D eigenvalue weighted by Crippen LogP contribution is 2.40. The molecular formula is C17H19F2NO4. The summed E-state index contributed by atoms with van der Waals surface area (Å²) in [4.78, 5) is 24.6. The molecule has 1 unspecified atom stereocenters. The van der Waals surface area contributed by atoms with Gasteiger partial charge in [-0.25, -0.2) is 13.6 Å². The largest absolute Gasteiger partial charge is 0.493 e. The van der Waals surface area contributed by atoms with E-state index in [0.29, 0.717) is 13.0 Å². The molecule has 0 saturated carbocycles. The molecule has 130 valence electrons. The molecule has 2 aliphatic heterocycles. The molecule has 0 bridgehead atoms. The van der Waals surface area contributed by atoms with Gasteiger partial charge in [0.1, 0.15) is 11.3 Å². The quantitative estimate of drug-likeness (QED) is 0.914. The highest BCUT2D eigenvalue weighted by Gasteiger charge is 2.58. The number of halogens is 2. The van der Waals surface area contributed by atoms with Crippen molar-refractivity contribution in [3.05, 3.63) is 29.3 Å². The number of hydrogen-bond donors (Lipinski definition) is 1. The molecule has 0 aromatic heterocycles. The van der Waals surface area contributed by atoms with Crippen molar-refractivity contribution in [1.82, 2.24) is 4.90 Å². The van der Waals surface area contributed by atoms with E-state index in [2.05, 4.69) is 0 Å². The van der Waals surface area contributed by atoms with Crippen molar-refractivity contribution in [2.24, 2.45) is 0 Å². The second-order valence-corrected chi connectivity index (χ2v) is 6.63. The Morgan fingerprint density at radius 3 is 2.83 bits per heavy atom. The zero-order chi connectivity index (χ0) is 17.5. The molecule has 0 spiro atoms. The Morgan fingerprint density at radius 2 is 2.12 bits per heavy atom. The number of ether oxygens (including phenoxy) is 1. The van der Waals surface area contributed by atoms with Crippen LogP contribution in [-0.2, 0) is 22.4 Å². The van der Waals surface area contributed by atoms with Crippen LogP contribution in [0.3, 0.4) is 0 Å². The third kappa shape index (κ3) is 2.95. The number of alkyl halides is 2. The second kappa shape index (κ2) is 5.72. The average Bonchev–Trinajstić information content (AvgIpc) is 3.06. The Morgan fingerprint density at radius 1 is 1.38 bits per heavy atom. The van der Waals surface area contributed by atoms with Gasteiger partial charge in [0.15, 0.2) is 0 Å². The molecule has 3 rings (SSSR count). The van der Waals surface area contributed by atoms with E-state index in [0.717, 1.165) is 28.2 Å². The lowest BCUT2D eigenvalue weighted by atomic mass is 9.97. The fourth-order valence-electron chi connectivity index (χ4n) is 3.40. The summed E-state index contributed by atoms with van der Waals surface area (Å²) in [5, 5.41) is 9.27. The molecule has 7 heteroatoms. The number of nitrogens with zero attached hydrogens (tertiary/aromatic N) is 1. The molecule has 1 fully saturated rings. The van der Waals surface area contributed by atoms with Crippen molar-refractivity contribution >= 4 is 11.9 Å². The maximum Gasteiger partial charge on any atom is 0.329 e. The van der Waals surface area contributed by atoms with Crippen molar-refractivity contribution in [3.63, 3.8) is 0 Å². The molecule has 1 amide bonds. The normalized spacial score (nSPS) is 24.5. The van der Waals surface area contributed by atoms with Crippen LogP contribution in [0, 0.1) is 0 Å². The van der Waals surface area contributed by atoms with Crippen LogP contribution in [0.5, 0.6) is 5.75 Å². The maximum atomic E-state index is 13.7. The standard InChI is InChI=1S/C17H19F2NO4/c1-16(15(22)23)9-17(18,19)10-20(16)14(21)5-3-11-2-4-13-12(8-11)6-7-24-13/h2,4,8H,3,5-7,9-10H2,1H3,(H,22,23). The van der Waals surface area contributed by atoms with Gasteiger partial charge in [0.05, 0.1) is 13.2 Å². The number of fused-ring (bicyclic) bond motifs is 1. The molecule has 2 aliphatic rings. The van der Waals surface area contributed by atoms with Gasteiger partial charge in [0.25, 0.3) is 5.92 Å². The summed E-state index contributed by atoms with van der Waals surface area (Å²) in [6.07, 6.45) is 0.340. The van der Waals surface area contributed by atoms with Gasteiger partial charge >= 0.3 is 5.97 Å². The zero-order valence-electron chi connectivity index (χ0n) is 13.3. The van der Waals surface area contributed by atoms with E-state index >= 15 is 0 Å². The Bertz CT molecular complexity index is 691. The SMILES string of the molecule is CC1(C(=O)O)CC(F)(F)CN1C(=O)CCc1ccc2c(c1)CCO2. The summed E-state index contributed by atoms with van der Waals surface area (Å²) < 4.78 is 32.7. The van der Waals surface area contributed by atoms with E-state index < -0.39 is 36.3 Å². The molecule has 5 nitrogen and oxygen atoms in total. The topological polar surface area (TPSA) is 66.8 Å². The van der Waals surface area contributed by atoms with Crippen LogP contribution in [0.15, 0.2) is 18.2 Å². The van der Waals surface area contributed by atoms with Crippen molar-refractivity contribution in [3.8, 4) is 5.75 Å². The summed E-state index contributed by atoms with van der Waals surface area (Å²) in [5.74, 6) is -4.30. The van der Waals surface area contributed by atoms with Gasteiger partial charge in [-0.1, -0.05) is 12.1 Å². The molecule has 1 N–H and O–H groups in total. The predicted molar refractivity (Wildman–Crippen MR) is 81.3 cm³/mol. The third-order valence-electron chi connectivity index (χ3n) is 4.73. The van der Waals surface area contributed by atoms with Crippen molar-refractivity contribution in [2.45, 2.75) is 44.1 Å². The minimum Gasteiger partial charge on any atom is -0.493 e. The second-order valence-electron chi connectivity index (χ2n) is 6.63. The van der Waals surface area contributed by atoms with Crippen molar-refractivity contribution < 1.29 is 28.2 Å². The molecule has 1 aromatic carbocycles. The third-order valence-corrected chi connectivity index (χ3v) is 4.73.